The number of hydrogen-bond donors (Lipinski definition) is 0. The number of sulfonamides is 1. The third-order valence-corrected chi connectivity index (χ3v) is 7.25. The topological polar surface area (TPSA) is 84.0 Å². The first kappa shape index (κ1) is 19.7. The predicted molar refractivity (Wildman–Crippen MR) is 102 cm³/mol. The van der Waals surface area contributed by atoms with Gasteiger partial charge in [-0.3, -0.25) is 13.9 Å². The van der Waals surface area contributed by atoms with Gasteiger partial charge in [0.25, 0.3) is 5.91 Å². The summed E-state index contributed by atoms with van der Waals surface area (Å²) >= 11 is 0. The van der Waals surface area contributed by atoms with E-state index in [1.807, 2.05) is 6.92 Å². The summed E-state index contributed by atoms with van der Waals surface area (Å²) < 4.78 is 31.1. The number of esters is 1. The molecular weight excluding hydrogens is 368 g/mol. The summed E-state index contributed by atoms with van der Waals surface area (Å²) in [6.07, 6.45) is 2.65. The van der Waals surface area contributed by atoms with Crippen molar-refractivity contribution in [2.75, 3.05) is 36.8 Å². The summed E-state index contributed by atoms with van der Waals surface area (Å²) in [5.74, 6) is -0.374. The number of carbonyl (C=O) groups excluding carboxylic acids is 2. The first-order valence-electron chi connectivity index (χ1n) is 9.31. The minimum atomic E-state index is -3.33. The second kappa shape index (κ2) is 7.88. The van der Waals surface area contributed by atoms with E-state index in [-0.39, 0.29) is 23.5 Å². The predicted octanol–water partition coefficient (Wildman–Crippen LogP) is 1.95. The molecule has 2 fully saturated rings. The third-order valence-electron chi connectivity index (χ3n) is 5.39. The van der Waals surface area contributed by atoms with Gasteiger partial charge in [-0.15, -0.1) is 0 Å². The molecule has 0 bridgehead atoms. The molecule has 2 heterocycles. The Morgan fingerprint density at radius 3 is 2.44 bits per heavy atom. The van der Waals surface area contributed by atoms with Crippen LogP contribution in [0.25, 0.3) is 0 Å². The van der Waals surface area contributed by atoms with Gasteiger partial charge in [-0.2, -0.15) is 0 Å². The smallest absolute Gasteiger partial charge is 0.308 e. The molecule has 148 valence electrons. The highest BCUT2D eigenvalue weighted by molar-refractivity contribution is 7.92. The lowest BCUT2D eigenvalue weighted by atomic mass is 9.96. The van der Waals surface area contributed by atoms with E-state index in [1.165, 1.54) is 11.4 Å². The van der Waals surface area contributed by atoms with Gasteiger partial charge in [0, 0.05) is 25.2 Å². The number of nitrogens with zero attached hydrogens (tertiary/aromatic N) is 2. The Labute approximate surface area is 160 Å². The molecule has 0 atom stereocenters. The summed E-state index contributed by atoms with van der Waals surface area (Å²) in [6, 6.07) is 5.23. The Morgan fingerprint density at radius 2 is 1.81 bits per heavy atom. The van der Waals surface area contributed by atoms with Crippen LogP contribution in [0.1, 0.15) is 41.6 Å². The molecule has 2 aliphatic rings. The number of hydrogen-bond acceptors (Lipinski definition) is 5. The Balaban J connectivity index is 1.78. The number of aryl methyl sites for hydroxylation is 1. The van der Waals surface area contributed by atoms with Crippen LogP contribution in [0.5, 0.6) is 0 Å². The first-order chi connectivity index (χ1) is 12.8. The maximum atomic E-state index is 12.9. The van der Waals surface area contributed by atoms with Crippen LogP contribution in [-0.4, -0.2) is 57.7 Å². The first-order valence-corrected chi connectivity index (χ1v) is 10.9. The number of likely N-dealkylation sites (tertiary alicyclic amines) is 1. The zero-order valence-corrected chi connectivity index (χ0v) is 16.6. The minimum Gasteiger partial charge on any atom is -0.469 e. The van der Waals surface area contributed by atoms with Crippen LogP contribution in [0.15, 0.2) is 18.2 Å². The lowest BCUT2D eigenvalue weighted by molar-refractivity contribution is -0.146. The van der Waals surface area contributed by atoms with E-state index in [2.05, 4.69) is 0 Å². The summed E-state index contributed by atoms with van der Waals surface area (Å²) in [6.45, 7) is 3.29. The lowest BCUT2D eigenvalue weighted by Crippen LogP contribution is -2.41. The number of carbonyl (C=O) groups is 2. The van der Waals surface area contributed by atoms with Crippen LogP contribution in [0.2, 0.25) is 0 Å². The number of rotatable bonds is 3. The lowest BCUT2D eigenvalue weighted by Gasteiger charge is -2.32. The Hall–Kier alpha value is -2.09. The fourth-order valence-corrected chi connectivity index (χ4v) is 5.43. The highest BCUT2D eigenvalue weighted by Gasteiger charge is 2.30. The summed E-state index contributed by atoms with van der Waals surface area (Å²) in [5.41, 5.74) is 1.90. The number of benzene rings is 1. The van der Waals surface area contributed by atoms with Gasteiger partial charge in [0.15, 0.2) is 0 Å². The normalized spacial score (nSPS) is 20.4. The third kappa shape index (κ3) is 4.10. The molecule has 1 amide bonds. The van der Waals surface area contributed by atoms with E-state index in [0.29, 0.717) is 50.1 Å². The average Bonchev–Trinajstić information content (AvgIpc) is 2.67. The van der Waals surface area contributed by atoms with Crippen molar-refractivity contribution in [3.8, 4) is 0 Å². The summed E-state index contributed by atoms with van der Waals surface area (Å²) in [5, 5.41) is 0. The number of methoxy groups -OCH3 is 1. The highest BCUT2D eigenvalue weighted by Crippen LogP contribution is 2.29. The van der Waals surface area contributed by atoms with E-state index < -0.39 is 10.0 Å². The average molecular weight is 394 g/mol. The Bertz CT molecular complexity index is 829. The standard InChI is InChI=1S/C19H26N2O5S/c1-14-5-6-16(13-17(14)21-9-3-4-12-27(21,24)25)18(22)20-10-7-15(8-11-20)19(23)26-2/h5-6,13,15H,3-4,7-12H2,1-2H3. The monoisotopic (exact) mass is 394 g/mol. The van der Waals surface area contributed by atoms with Gasteiger partial charge in [0.2, 0.25) is 10.0 Å². The van der Waals surface area contributed by atoms with Crippen molar-refractivity contribution >= 4 is 27.6 Å². The van der Waals surface area contributed by atoms with Crippen molar-refractivity contribution in [2.45, 2.75) is 32.6 Å². The Kier molecular flexibility index (Phi) is 5.74. The van der Waals surface area contributed by atoms with Gasteiger partial charge >= 0.3 is 5.97 Å². The number of anilines is 1. The molecule has 0 aromatic heterocycles. The van der Waals surface area contributed by atoms with Crippen molar-refractivity contribution in [3.63, 3.8) is 0 Å². The van der Waals surface area contributed by atoms with Crippen molar-refractivity contribution in [3.05, 3.63) is 29.3 Å². The van der Waals surface area contributed by atoms with Crippen LogP contribution >= 0.6 is 0 Å². The molecule has 0 unspecified atom stereocenters. The molecule has 1 aromatic rings. The van der Waals surface area contributed by atoms with E-state index in [1.54, 1.807) is 23.1 Å². The molecule has 0 saturated carbocycles. The van der Waals surface area contributed by atoms with Crippen molar-refractivity contribution in [1.29, 1.82) is 0 Å². The molecule has 0 N–H and O–H groups in total. The molecule has 0 radical (unpaired) electrons. The second-order valence-corrected chi connectivity index (χ2v) is 9.20. The van der Waals surface area contributed by atoms with Gasteiger partial charge in [0.1, 0.15) is 0 Å². The fourth-order valence-electron chi connectivity index (χ4n) is 3.74. The van der Waals surface area contributed by atoms with Gasteiger partial charge in [0.05, 0.1) is 24.5 Å². The van der Waals surface area contributed by atoms with Crippen LogP contribution in [-0.2, 0) is 19.6 Å². The van der Waals surface area contributed by atoms with Gasteiger partial charge in [-0.05, 0) is 50.3 Å². The van der Waals surface area contributed by atoms with Gasteiger partial charge in [-0.25, -0.2) is 8.42 Å². The maximum absolute atomic E-state index is 12.9. The molecular formula is C19H26N2O5S. The van der Waals surface area contributed by atoms with Crippen molar-refractivity contribution in [1.82, 2.24) is 4.90 Å². The fraction of sp³-hybridized carbons (Fsp3) is 0.579. The molecule has 2 saturated heterocycles. The van der Waals surface area contributed by atoms with Crippen molar-refractivity contribution in [2.24, 2.45) is 5.92 Å². The molecule has 2 aliphatic heterocycles. The molecule has 0 spiro atoms. The van der Waals surface area contributed by atoms with Crippen LogP contribution in [0, 0.1) is 12.8 Å². The minimum absolute atomic E-state index is 0.131. The van der Waals surface area contributed by atoms with Gasteiger partial charge in [-0.1, -0.05) is 6.07 Å². The molecule has 1 aromatic carbocycles. The van der Waals surface area contributed by atoms with Gasteiger partial charge < -0.3 is 9.64 Å². The second-order valence-electron chi connectivity index (χ2n) is 7.19. The van der Waals surface area contributed by atoms with Crippen LogP contribution in [0.3, 0.4) is 0 Å². The SMILES string of the molecule is COC(=O)C1CCN(C(=O)c2ccc(C)c(N3CCCCS3(=O)=O)c2)CC1. The number of piperidine rings is 1. The maximum Gasteiger partial charge on any atom is 0.308 e. The number of amides is 1. The quantitative estimate of drug-likeness (QED) is 0.732. The summed E-state index contributed by atoms with van der Waals surface area (Å²) in [7, 11) is -1.95. The van der Waals surface area contributed by atoms with Crippen LogP contribution in [0.4, 0.5) is 5.69 Å². The van der Waals surface area contributed by atoms with E-state index >= 15 is 0 Å². The van der Waals surface area contributed by atoms with E-state index in [0.717, 1.165) is 12.0 Å². The zero-order valence-electron chi connectivity index (χ0n) is 15.8. The van der Waals surface area contributed by atoms with E-state index in [4.69, 9.17) is 4.74 Å². The van der Waals surface area contributed by atoms with Crippen molar-refractivity contribution < 1.29 is 22.7 Å². The van der Waals surface area contributed by atoms with E-state index in [9.17, 15) is 18.0 Å². The highest BCUT2D eigenvalue weighted by atomic mass is 32.2. The largest absolute Gasteiger partial charge is 0.469 e. The molecule has 7 nitrogen and oxygen atoms in total. The number of ether oxygens (including phenoxy) is 1. The summed E-state index contributed by atoms with van der Waals surface area (Å²) in [4.78, 5) is 26.3. The molecule has 27 heavy (non-hydrogen) atoms. The molecule has 0 aliphatic carbocycles. The Morgan fingerprint density at radius 1 is 1.11 bits per heavy atom. The zero-order chi connectivity index (χ0) is 19.6. The molecule has 8 heteroatoms. The molecule has 3 rings (SSSR count). The van der Waals surface area contributed by atoms with Crippen LogP contribution < -0.4 is 4.31 Å².